The normalized spacial score (nSPS) is 12.6. The first-order valence-electron chi connectivity index (χ1n) is 8.22. The number of rotatable bonds is 10. The largest absolute Gasteiger partial charge is 0.480 e. The SMILES string of the molecule is CCCN(CC(=O)O)C(=O)C(C)Sc1ccccc1S(=O)(=O)CCC. The standard InChI is InChI=1S/C17H25NO5S2/c1-4-10-18(12-16(19)20)17(21)13(3)24-14-8-6-7-9-15(14)25(22,23)11-5-2/h6-9,13H,4-5,10-12H2,1-3H3,(H,19,20). The number of hydrogen-bond acceptors (Lipinski definition) is 5. The van der Waals surface area contributed by atoms with Crippen LogP contribution in [0.25, 0.3) is 0 Å². The van der Waals surface area contributed by atoms with E-state index in [1.807, 2.05) is 6.92 Å². The first-order valence-corrected chi connectivity index (χ1v) is 10.7. The zero-order chi connectivity index (χ0) is 19.0. The predicted molar refractivity (Wildman–Crippen MR) is 98.6 cm³/mol. The van der Waals surface area contributed by atoms with Gasteiger partial charge in [0.25, 0.3) is 0 Å². The molecule has 0 aromatic heterocycles. The van der Waals surface area contributed by atoms with Crippen LogP contribution in [0.4, 0.5) is 0 Å². The van der Waals surface area contributed by atoms with Crippen molar-refractivity contribution in [2.75, 3.05) is 18.8 Å². The van der Waals surface area contributed by atoms with Crippen molar-refractivity contribution in [3.05, 3.63) is 24.3 Å². The summed E-state index contributed by atoms with van der Waals surface area (Å²) in [5.41, 5.74) is 0. The van der Waals surface area contributed by atoms with Gasteiger partial charge < -0.3 is 10.0 Å². The molecular weight excluding hydrogens is 362 g/mol. The lowest BCUT2D eigenvalue weighted by Crippen LogP contribution is -2.40. The molecule has 8 heteroatoms. The van der Waals surface area contributed by atoms with Crippen LogP contribution in [0.3, 0.4) is 0 Å². The molecule has 25 heavy (non-hydrogen) atoms. The van der Waals surface area contributed by atoms with Crippen molar-refractivity contribution in [1.29, 1.82) is 0 Å². The quantitative estimate of drug-likeness (QED) is 0.621. The summed E-state index contributed by atoms with van der Waals surface area (Å²) in [6, 6.07) is 6.61. The smallest absolute Gasteiger partial charge is 0.323 e. The van der Waals surface area contributed by atoms with Gasteiger partial charge in [-0.05, 0) is 31.9 Å². The Labute approximate surface area is 153 Å². The lowest BCUT2D eigenvalue weighted by molar-refractivity contribution is -0.144. The van der Waals surface area contributed by atoms with Crippen molar-refractivity contribution in [3.8, 4) is 0 Å². The average molecular weight is 388 g/mol. The summed E-state index contributed by atoms with van der Waals surface area (Å²) < 4.78 is 24.8. The van der Waals surface area contributed by atoms with Gasteiger partial charge >= 0.3 is 5.97 Å². The second kappa shape index (κ2) is 9.82. The van der Waals surface area contributed by atoms with Gasteiger partial charge in [-0.2, -0.15) is 0 Å². The minimum Gasteiger partial charge on any atom is -0.480 e. The Morgan fingerprint density at radius 2 is 1.84 bits per heavy atom. The monoisotopic (exact) mass is 387 g/mol. The molecule has 140 valence electrons. The Kier molecular flexibility index (Phi) is 8.44. The highest BCUT2D eigenvalue weighted by atomic mass is 32.2. The molecule has 0 heterocycles. The molecule has 0 aliphatic heterocycles. The number of thioether (sulfide) groups is 1. The van der Waals surface area contributed by atoms with Gasteiger partial charge in [0.05, 0.1) is 15.9 Å². The maximum atomic E-state index is 12.6. The van der Waals surface area contributed by atoms with E-state index in [9.17, 15) is 18.0 Å². The number of hydrogen-bond donors (Lipinski definition) is 1. The molecule has 1 N–H and O–H groups in total. The molecule has 1 aromatic rings. The van der Waals surface area contributed by atoms with Crippen molar-refractivity contribution >= 4 is 33.5 Å². The summed E-state index contributed by atoms with van der Waals surface area (Å²) in [5, 5.41) is 8.38. The van der Waals surface area contributed by atoms with Gasteiger partial charge in [0.2, 0.25) is 5.91 Å². The van der Waals surface area contributed by atoms with Gasteiger partial charge in [0, 0.05) is 11.4 Å². The molecule has 0 spiro atoms. The molecular formula is C17H25NO5S2. The Morgan fingerprint density at radius 3 is 2.40 bits per heavy atom. The lowest BCUT2D eigenvalue weighted by Gasteiger charge is -2.24. The van der Waals surface area contributed by atoms with E-state index >= 15 is 0 Å². The summed E-state index contributed by atoms with van der Waals surface area (Å²) >= 11 is 1.15. The summed E-state index contributed by atoms with van der Waals surface area (Å²) in [6.07, 6.45) is 1.16. The van der Waals surface area contributed by atoms with Crippen molar-refractivity contribution in [2.24, 2.45) is 0 Å². The van der Waals surface area contributed by atoms with Gasteiger partial charge in [0.15, 0.2) is 9.84 Å². The number of sulfone groups is 1. The predicted octanol–water partition coefficient (Wildman–Crippen LogP) is 2.67. The highest BCUT2D eigenvalue weighted by Gasteiger charge is 2.25. The zero-order valence-electron chi connectivity index (χ0n) is 14.8. The van der Waals surface area contributed by atoms with Gasteiger partial charge in [-0.25, -0.2) is 8.42 Å². The summed E-state index contributed by atoms with van der Waals surface area (Å²) in [4.78, 5) is 25.5. The number of benzene rings is 1. The Bertz CT molecular complexity index is 703. The molecule has 1 atom stereocenters. The number of carboxylic acids is 1. The van der Waals surface area contributed by atoms with Crippen molar-refractivity contribution in [3.63, 3.8) is 0 Å². The first kappa shape index (κ1) is 21.5. The Hall–Kier alpha value is -1.54. The Morgan fingerprint density at radius 1 is 1.20 bits per heavy atom. The highest BCUT2D eigenvalue weighted by molar-refractivity contribution is 8.01. The van der Waals surface area contributed by atoms with Crippen molar-refractivity contribution in [1.82, 2.24) is 4.90 Å². The summed E-state index contributed by atoms with van der Waals surface area (Å²) in [7, 11) is -3.40. The molecule has 0 saturated heterocycles. The molecule has 1 rings (SSSR count). The number of nitrogens with zero attached hydrogens (tertiary/aromatic N) is 1. The zero-order valence-corrected chi connectivity index (χ0v) is 16.4. The number of amides is 1. The topological polar surface area (TPSA) is 91.8 Å². The van der Waals surface area contributed by atoms with E-state index in [1.165, 1.54) is 4.90 Å². The second-order valence-corrected chi connectivity index (χ2v) is 9.14. The molecule has 0 radical (unpaired) electrons. The minimum absolute atomic E-state index is 0.0495. The third-order valence-corrected chi connectivity index (χ3v) is 6.71. The summed E-state index contributed by atoms with van der Waals surface area (Å²) in [6.45, 7) is 5.33. The van der Waals surface area contributed by atoms with E-state index < -0.39 is 21.1 Å². The Balaban J connectivity index is 3.01. The molecule has 0 bridgehead atoms. The minimum atomic E-state index is -3.40. The van der Waals surface area contributed by atoms with Gasteiger partial charge in [0.1, 0.15) is 6.54 Å². The first-order chi connectivity index (χ1) is 11.7. The van der Waals surface area contributed by atoms with Crippen LogP contribution in [0, 0.1) is 0 Å². The molecule has 0 fully saturated rings. The molecule has 6 nitrogen and oxygen atoms in total. The van der Waals surface area contributed by atoms with Crippen LogP contribution in [0.1, 0.15) is 33.6 Å². The van der Waals surface area contributed by atoms with Crippen LogP contribution in [0.5, 0.6) is 0 Å². The van der Waals surface area contributed by atoms with Crippen LogP contribution < -0.4 is 0 Å². The molecule has 0 aliphatic rings. The lowest BCUT2D eigenvalue weighted by atomic mass is 10.3. The van der Waals surface area contributed by atoms with Crippen LogP contribution in [0.15, 0.2) is 34.1 Å². The third-order valence-electron chi connectivity index (χ3n) is 3.44. The average Bonchev–Trinajstić information content (AvgIpc) is 2.53. The van der Waals surface area contributed by atoms with E-state index in [0.717, 1.165) is 11.8 Å². The molecule has 1 unspecified atom stereocenters. The number of carbonyl (C=O) groups excluding carboxylic acids is 1. The van der Waals surface area contributed by atoms with Gasteiger partial charge in [-0.1, -0.05) is 26.0 Å². The molecule has 0 aliphatic carbocycles. The van der Waals surface area contributed by atoms with E-state index in [2.05, 4.69) is 0 Å². The van der Waals surface area contributed by atoms with Crippen LogP contribution in [-0.2, 0) is 19.4 Å². The molecule has 1 amide bonds. The van der Waals surface area contributed by atoms with E-state index in [0.29, 0.717) is 24.3 Å². The van der Waals surface area contributed by atoms with Crippen LogP contribution in [0.2, 0.25) is 0 Å². The van der Waals surface area contributed by atoms with E-state index in [-0.39, 0.29) is 23.1 Å². The number of carboxylic acid groups (broad SMARTS) is 1. The fourth-order valence-corrected chi connectivity index (χ4v) is 5.30. The molecule has 1 aromatic carbocycles. The van der Waals surface area contributed by atoms with Crippen molar-refractivity contribution in [2.45, 2.75) is 48.7 Å². The fourth-order valence-electron chi connectivity index (χ4n) is 2.38. The number of carbonyl (C=O) groups is 2. The maximum absolute atomic E-state index is 12.6. The third kappa shape index (κ3) is 6.36. The van der Waals surface area contributed by atoms with E-state index in [4.69, 9.17) is 5.11 Å². The van der Waals surface area contributed by atoms with Gasteiger partial charge in [-0.3, -0.25) is 9.59 Å². The van der Waals surface area contributed by atoms with Crippen LogP contribution >= 0.6 is 11.8 Å². The highest BCUT2D eigenvalue weighted by Crippen LogP contribution is 2.31. The fraction of sp³-hybridized carbons (Fsp3) is 0.529. The van der Waals surface area contributed by atoms with E-state index in [1.54, 1.807) is 38.1 Å². The number of aliphatic carboxylic acids is 1. The maximum Gasteiger partial charge on any atom is 0.323 e. The van der Waals surface area contributed by atoms with Crippen LogP contribution in [-0.4, -0.2) is 54.4 Å². The second-order valence-electron chi connectivity index (χ2n) is 5.68. The van der Waals surface area contributed by atoms with Crippen molar-refractivity contribution < 1.29 is 23.1 Å². The molecule has 0 saturated carbocycles. The summed E-state index contributed by atoms with van der Waals surface area (Å²) in [5.74, 6) is -1.32. The van der Waals surface area contributed by atoms with Gasteiger partial charge in [-0.15, -0.1) is 11.8 Å².